The fourth-order valence-corrected chi connectivity index (χ4v) is 3.11. The first-order valence-electron chi connectivity index (χ1n) is 6.99. The Morgan fingerprint density at radius 2 is 1.88 bits per heavy atom. The fourth-order valence-electron chi connectivity index (χ4n) is 1.99. The van der Waals surface area contributed by atoms with Gasteiger partial charge in [0.1, 0.15) is 0 Å². The van der Waals surface area contributed by atoms with Crippen molar-refractivity contribution in [3.8, 4) is 0 Å². The number of non-ortho nitro benzene ring substituents is 1. The zero-order chi connectivity index (χ0) is 17.7. The predicted octanol–water partition coefficient (Wildman–Crippen LogP) is 2.15. The van der Waals surface area contributed by atoms with Crippen molar-refractivity contribution in [2.75, 3.05) is 11.3 Å². The first-order valence-corrected chi connectivity index (χ1v) is 8.48. The van der Waals surface area contributed by atoms with Gasteiger partial charge < -0.3 is 5.32 Å². The Labute approximate surface area is 138 Å². The molecule has 0 saturated heterocycles. The SMILES string of the molecule is CCNC(=O)c1ccccc1NS(=O)(=O)c1cccc([N+](=O)[O-])c1. The third kappa shape index (κ3) is 3.87. The summed E-state index contributed by atoms with van der Waals surface area (Å²) in [6.45, 7) is 2.14. The van der Waals surface area contributed by atoms with Crippen LogP contribution in [0.15, 0.2) is 53.4 Å². The van der Waals surface area contributed by atoms with Crippen molar-refractivity contribution >= 4 is 27.3 Å². The summed E-state index contributed by atoms with van der Waals surface area (Å²) in [4.78, 5) is 21.8. The Morgan fingerprint density at radius 1 is 1.17 bits per heavy atom. The van der Waals surface area contributed by atoms with E-state index in [9.17, 15) is 23.3 Å². The lowest BCUT2D eigenvalue weighted by molar-refractivity contribution is -0.385. The van der Waals surface area contributed by atoms with Gasteiger partial charge in [0.2, 0.25) is 0 Å². The fraction of sp³-hybridized carbons (Fsp3) is 0.133. The molecule has 24 heavy (non-hydrogen) atoms. The maximum absolute atomic E-state index is 12.4. The average Bonchev–Trinajstić information content (AvgIpc) is 2.55. The number of amides is 1. The molecule has 0 aliphatic carbocycles. The van der Waals surface area contributed by atoms with Crippen molar-refractivity contribution < 1.29 is 18.1 Å². The standard InChI is InChI=1S/C15H15N3O5S/c1-2-16-15(19)13-8-3-4-9-14(13)17-24(22,23)12-7-5-6-11(10-12)18(20)21/h3-10,17H,2H2,1H3,(H,16,19). The summed E-state index contributed by atoms with van der Waals surface area (Å²) in [5.74, 6) is -0.421. The highest BCUT2D eigenvalue weighted by molar-refractivity contribution is 7.92. The van der Waals surface area contributed by atoms with Gasteiger partial charge in [0.25, 0.3) is 21.6 Å². The Bertz CT molecular complexity index is 880. The minimum atomic E-state index is -4.07. The number of para-hydroxylation sites is 1. The van der Waals surface area contributed by atoms with Gasteiger partial charge in [0.05, 0.1) is 21.1 Å². The number of nitro groups is 1. The van der Waals surface area contributed by atoms with E-state index in [-0.39, 0.29) is 21.8 Å². The maximum Gasteiger partial charge on any atom is 0.270 e. The quantitative estimate of drug-likeness (QED) is 0.612. The second-order valence-corrected chi connectivity index (χ2v) is 6.45. The summed E-state index contributed by atoms with van der Waals surface area (Å²) in [5, 5.41) is 13.4. The molecule has 0 heterocycles. The molecule has 0 atom stereocenters. The van der Waals surface area contributed by atoms with Gasteiger partial charge >= 0.3 is 0 Å². The van der Waals surface area contributed by atoms with Crippen LogP contribution in [0.2, 0.25) is 0 Å². The van der Waals surface area contributed by atoms with E-state index >= 15 is 0 Å². The molecule has 2 aromatic carbocycles. The molecule has 2 N–H and O–H groups in total. The number of nitrogens with one attached hydrogen (secondary N) is 2. The van der Waals surface area contributed by atoms with Gasteiger partial charge in [0.15, 0.2) is 0 Å². The highest BCUT2D eigenvalue weighted by atomic mass is 32.2. The van der Waals surface area contributed by atoms with Crippen LogP contribution in [0.5, 0.6) is 0 Å². The molecular weight excluding hydrogens is 334 g/mol. The summed E-state index contributed by atoms with van der Waals surface area (Å²) in [5.41, 5.74) is -0.0850. The van der Waals surface area contributed by atoms with Gasteiger partial charge in [-0.25, -0.2) is 8.42 Å². The van der Waals surface area contributed by atoms with Crippen LogP contribution >= 0.6 is 0 Å². The number of carbonyl (C=O) groups excluding carboxylic acids is 1. The Morgan fingerprint density at radius 3 is 2.54 bits per heavy atom. The second kappa shape index (κ2) is 7.09. The molecule has 0 aromatic heterocycles. The first kappa shape index (κ1) is 17.4. The molecule has 126 valence electrons. The first-order chi connectivity index (χ1) is 11.3. The van der Waals surface area contributed by atoms with E-state index < -0.39 is 20.9 Å². The number of nitrogens with zero attached hydrogens (tertiary/aromatic N) is 1. The smallest absolute Gasteiger partial charge is 0.270 e. The van der Waals surface area contributed by atoms with Gasteiger partial charge in [-0.2, -0.15) is 0 Å². The average molecular weight is 349 g/mol. The largest absolute Gasteiger partial charge is 0.352 e. The zero-order valence-electron chi connectivity index (χ0n) is 12.7. The highest BCUT2D eigenvalue weighted by Crippen LogP contribution is 2.22. The highest BCUT2D eigenvalue weighted by Gasteiger charge is 2.20. The molecule has 8 nitrogen and oxygen atoms in total. The van der Waals surface area contributed by atoms with E-state index in [0.717, 1.165) is 6.07 Å². The van der Waals surface area contributed by atoms with Crippen LogP contribution in [-0.4, -0.2) is 25.8 Å². The molecule has 1 amide bonds. The monoisotopic (exact) mass is 349 g/mol. The number of benzene rings is 2. The third-order valence-electron chi connectivity index (χ3n) is 3.09. The molecule has 0 radical (unpaired) electrons. The zero-order valence-corrected chi connectivity index (χ0v) is 13.5. The molecule has 0 saturated carbocycles. The number of sulfonamides is 1. The van der Waals surface area contributed by atoms with Crippen LogP contribution in [0.4, 0.5) is 11.4 Å². The van der Waals surface area contributed by atoms with Crippen molar-refractivity contribution in [3.63, 3.8) is 0 Å². The maximum atomic E-state index is 12.4. The van der Waals surface area contributed by atoms with Crippen LogP contribution in [0.3, 0.4) is 0 Å². The van der Waals surface area contributed by atoms with Gasteiger partial charge in [-0.05, 0) is 25.1 Å². The van der Waals surface area contributed by atoms with E-state index in [1.165, 1.54) is 30.3 Å². The van der Waals surface area contributed by atoms with Crippen molar-refractivity contribution in [1.29, 1.82) is 0 Å². The lowest BCUT2D eigenvalue weighted by Crippen LogP contribution is -2.24. The Hall–Kier alpha value is -2.94. The van der Waals surface area contributed by atoms with Crippen LogP contribution in [0.25, 0.3) is 0 Å². The van der Waals surface area contributed by atoms with E-state index in [1.54, 1.807) is 19.1 Å². The summed E-state index contributed by atoms with van der Waals surface area (Å²) < 4.78 is 27.2. The van der Waals surface area contributed by atoms with Crippen molar-refractivity contribution in [2.45, 2.75) is 11.8 Å². The summed E-state index contributed by atoms with van der Waals surface area (Å²) in [6, 6.07) is 10.8. The van der Waals surface area contributed by atoms with Gasteiger partial charge in [0, 0.05) is 18.7 Å². The molecule has 2 rings (SSSR count). The van der Waals surface area contributed by atoms with Gasteiger partial charge in [-0.15, -0.1) is 0 Å². The second-order valence-electron chi connectivity index (χ2n) is 4.77. The summed E-state index contributed by atoms with van der Waals surface area (Å²) in [7, 11) is -4.07. The normalized spacial score (nSPS) is 10.9. The van der Waals surface area contributed by atoms with Crippen molar-refractivity contribution in [3.05, 3.63) is 64.2 Å². The summed E-state index contributed by atoms with van der Waals surface area (Å²) >= 11 is 0. The van der Waals surface area contributed by atoms with E-state index in [4.69, 9.17) is 0 Å². The number of hydrogen-bond donors (Lipinski definition) is 2. The minimum Gasteiger partial charge on any atom is -0.352 e. The Balaban J connectivity index is 2.38. The number of nitro benzene ring substituents is 1. The number of rotatable bonds is 6. The lowest BCUT2D eigenvalue weighted by Gasteiger charge is -2.12. The van der Waals surface area contributed by atoms with E-state index in [1.807, 2.05) is 0 Å². The molecular formula is C15H15N3O5S. The number of hydrogen-bond acceptors (Lipinski definition) is 5. The number of carbonyl (C=O) groups is 1. The van der Waals surface area contributed by atoms with Crippen LogP contribution in [0, 0.1) is 10.1 Å². The van der Waals surface area contributed by atoms with Crippen LogP contribution < -0.4 is 10.0 Å². The topological polar surface area (TPSA) is 118 Å². The Kier molecular flexibility index (Phi) is 5.14. The molecule has 2 aromatic rings. The molecule has 0 unspecified atom stereocenters. The van der Waals surface area contributed by atoms with Crippen molar-refractivity contribution in [1.82, 2.24) is 5.32 Å². The van der Waals surface area contributed by atoms with Crippen LogP contribution in [0.1, 0.15) is 17.3 Å². The molecule has 0 bridgehead atoms. The molecule has 0 aliphatic rings. The minimum absolute atomic E-state index is 0.0926. The van der Waals surface area contributed by atoms with Crippen LogP contribution in [-0.2, 0) is 10.0 Å². The van der Waals surface area contributed by atoms with E-state index in [0.29, 0.717) is 6.54 Å². The number of anilines is 1. The van der Waals surface area contributed by atoms with E-state index in [2.05, 4.69) is 10.0 Å². The predicted molar refractivity (Wildman–Crippen MR) is 88.4 cm³/mol. The van der Waals surface area contributed by atoms with Gasteiger partial charge in [-0.1, -0.05) is 18.2 Å². The van der Waals surface area contributed by atoms with Crippen molar-refractivity contribution in [2.24, 2.45) is 0 Å². The van der Waals surface area contributed by atoms with Gasteiger partial charge in [-0.3, -0.25) is 19.6 Å². The summed E-state index contributed by atoms with van der Waals surface area (Å²) in [6.07, 6.45) is 0. The third-order valence-corrected chi connectivity index (χ3v) is 4.46. The molecule has 9 heteroatoms. The molecule has 0 spiro atoms. The molecule has 0 aliphatic heterocycles. The lowest BCUT2D eigenvalue weighted by atomic mass is 10.2. The molecule has 0 fully saturated rings.